The van der Waals surface area contributed by atoms with Crippen molar-refractivity contribution in [1.82, 2.24) is 5.32 Å². The number of aliphatic hydroxyl groups excluding tert-OH is 1. The number of aliphatic carboxylic acids is 1. The number of urea groups is 1. The molecule has 106 valence electrons. The predicted molar refractivity (Wildman–Crippen MR) is 71.0 cm³/mol. The van der Waals surface area contributed by atoms with E-state index in [9.17, 15) is 9.59 Å². The fourth-order valence-corrected chi connectivity index (χ4v) is 1.42. The van der Waals surface area contributed by atoms with Crippen LogP contribution in [0.2, 0.25) is 0 Å². The lowest BCUT2D eigenvalue weighted by atomic mass is 10.1. The summed E-state index contributed by atoms with van der Waals surface area (Å²) in [6.45, 7) is 0.0474. The zero-order valence-electron chi connectivity index (χ0n) is 10.7. The first-order valence-corrected chi connectivity index (χ1v) is 5.94. The Morgan fingerprint density at radius 3 is 2.50 bits per heavy atom. The molecule has 0 radical (unpaired) electrons. The minimum atomic E-state index is -1.49. The minimum absolute atomic E-state index is 0.0474. The van der Waals surface area contributed by atoms with E-state index >= 15 is 0 Å². The summed E-state index contributed by atoms with van der Waals surface area (Å²) in [6.07, 6.45) is -1.25. The zero-order valence-corrected chi connectivity index (χ0v) is 10.7. The lowest BCUT2D eigenvalue weighted by molar-refractivity contribution is -0.146. The number of benzene rings is 1. The van der Waals surface area contributed by atoms with Crippen molar-refractivity contribution in [3.8, 4) is 6.07 Å². The summed E-state index contributed by atoms with van der Waals surface area (Å²) < 4.78 is 0. The molecule has 0 aliphatic carbocycles. The monoisotopic (exact) mass is 277 g/mol. The molecule has 7 nitrogen and oxygen atoms in total. The van der Waals surface area contributed by atoms with Crippen LogP contribution in [0.3, 0.4) is 0 Å². The van der Waals surface area contributed by atoms with Crippen molar-refractivity contribution < 1.29 is 19.8 Å². The van der Waals surface area contributed by atoms with Crippen LogP contribution in [0, 0.1) is 11.3 Å². The summed E-state index contributed by atoms with van der Waals surface area (Å²) in [5.74, 6) is -1.32. The number of amides is 2. The number of hydrogen-bond acceptors (Lipinski definition) is 4. The second-order valence-corrected chi connectivity index (χ2v) is 4.06. The lowest BCUT2D eigenvalue weighted by Crippen LogP contribution is -2.33. The first-order chi connectivity index (χ1) is 9.52. The minimum Gasteiger partial charge on any atom is -0.479 e. The van der Waals surface area contributed by atoms with Gasteiger partial charge in [-0.25, -0.2) is 9.59 Å². The van der Waals surface area contributed by atoms with Crippen LogP contribution in [0.15, 0.2) is 24.3 Å². The number of anilines is 1. The molecule has 0 saturated carbocycles. The zero-order chi connectivity index (χ0) is 15.0. The Balaban J connectivity index is 2.35. The number of rotatable bonds is 6. The summed E-state index contributed by atoms with van der Waals surface area (Å²) in [4.78, 5) is 21.8. The standard InChI is InChI=1S/C13H15N3O4/c14-7-5-9-1-3-10(4-2-9)16-13(20)15-8-6-11(17)12(18)19/h1-4,11,17H,5-6,8H2,(H,18,19)(H2,15,16,20). The van der Waals surface area contributed by atoms with Gasteiger partial charge in [0.1, 0.15) is 0 Å². The number of nitrogens with one attached hydrogen (secondary N) is 2. The highest BCUT2D eigenvalue weighted by molar-refractivity contribution is 5.89. The maximum Gasteiger partial charge on any atom is 0.332 e. The first-order valence-electron chi connectivity index (χ1n) is 5.94. The molecule has 0 spiro atoms. The quantitative estimate of drug-likeness (QED) is 0.610. The SMILES string of the molecule is N#CCc1ccc(NC(=O)NCCC(O)C(=O)O)cc1. The number of carboxylic acids is 1. The van der Waals surface area contributed by atoms with Crippen LogP contribution in [-0.4, -0.2) is 34.9 Å². The number of aliphatic hydroxyl groups is 1. The highest BCUT2D eigenvalue weighted by Crippen LogP contribution is 2.09. The van der Waals surface area contributed by atoms with Crippen molar-refractivity contribution in [3.63, 3.8) is 0 Å². The van der Waals surface area contributed by atoms with Crippen molar-refractivity contribution in [1.29, 1.82) is 5.26 Å². The highest BCUT2D eigenvalue weighted by atomic mass is 16.4. The molecule has 0 saturated heterocycles. The third-order valence-electron chi connectivity index (χ3n) is 2.48. The largest absolute Gasteiger partial charge is 0.479 e. The molecule has 1 unspecified atom stereocenters. The Morgan fingerprint density at radius 1 is 1.30 bits per heavy atom. The van der Waals surface area contributed by atoms with E-state index in [-0.39, 0.29) is 13.0 Å². The van der Waals surface area contributed by atoms with E-state index in [1.54, 1.807) is 24.3 Å². The van der Waals surface area contributed by atoms with Crippen molar-refractivity contribution in [2.45, 2.75) is 18.9 Å². The fourth-order valence-electron chi connectivity index (χ4n) is 1.42. The van der Waals surface area contributed by atoms with Gasteiger partial charge in [0.2, 0.25) is 0 Å². The van der Waals surface area contributed by atoms with E-state index in [1.165, 1.54) is 0 Å². The van der Waals surface area contributed by atoms with Gasteiger partial charge in [0.25, 0.3) is 0 Å². The molecular weight excluding hydrogens is 262 g/mol. The molecule has 0 fully saturated rings. The van der Waals surface area contributed by atoms with Gasteiger partial charge >= 0.3 is 12.0 Å². The molecule has 0 bridgehead atoms. The molecule has 1 rings (SSSR count). The molecule has 2 amide bonds. The molecule has 20 heavy (non-hydrogen) atoms. The average molecular weight is 277 g/mol. The van der Waals surface area contributed by atoms with Crippen molar-refractivity contribution in [2.75, 3.05) is 11.9 Å². The topological polar surface area (TPSA) is 122 Å². The van der Waals surface area contributed by atoms with Gasteiger partial charge in [0.05, 0.1) is 12.5 Å². The summed E-state index contributed by atoms with van der Waals surface area (Å²) in [7, 11) is 0. The number of carbonyl (C=O) groups is 2. The average Bonchev–Trinajstić information content (AvgIpc) is 2.41. The van der Waals surface area contributed by atoms with Crippen LogP contribution >= 0.6 is 0 Å². The second-order valence-electron chi connectivity index (χ2n) is 4.06. The molecule has 7 heteroatoms. The van der Waals surface area contributed by atoms with Crippen LogP contribution in [0.25, 0.3) is 0 Å². The van der Waals surface area contributed by atoms with Crippen molar-refractivity contribution in [3.05, 3.63) is 29.8 Å². The third kappa shape index (κ3) is 5.37. The van der Waals surface area contributed by atoms with E-state index < -0.39 is 18.1 Å². The number of carboxylic acid groups (broad SMARTS) is 1. The number of hydrogen-bond donors (Lipinski definition) is 4. The highest BCUT2D eigenvalue weighted by Gasteiger charge is 2.12. The lowest BCUT2D eigenvalue weighted by Gasteiger charge is -2.09. The molecule has 4 N–H and O–H groups in total. The third-order valence-corrected chi connectivity index (χ3v) is 2.48. The predicted octanol–water partition coefficient (Wildman–Crippen LogP) is 0.710. The Hall–Kier alpha value is -2.59. The van der Waals surface area contributed by atoms with Crippen molar-refractivity contribution >= 4 is 17.7 Å². The Bertz CT molecular complexity index is 507. The van der Waals surface area contributed by atoms with Gasteiger partial charge in [0, 0.05) is 18.7 Å². The van der Waals surface area contributed by atoms with Gasteiger partial charge in [-0.15, -0.1) is 0 Å². The van der Waals surface area contributed by atoms with Crippen LogP contribution in [0.1, 0.15) is 12.0 Å². The molecule has 1 aromatic rings. The molecule has 1 aromatic carbocycles. The van der Waals surface area contributed by atoms with Crippen LogP contribution in [0.4, 0.5) is 10.5 Å². The second kappa shape index (κ2) is 7.76. The molecule has 0 aromatic heterocycles. The van der Waals surface area contributed by atoms with Gasteiger partial charge in [-0.3, -0.25) is 0 Å². The van der Waals surface area contributed by atoms with Gasteiger partial charge in [-0.05, 0) is 17.7 Å². The van der Waals surface area contributed by atoms with Gasteiger partial charge < -0.3 is 20.8 Å². The molecule has 0 aliphatic rings. The summed E-state index contributed by atoms with van der Waals surface area (Å²) in [5, 5.41) is 31.0. The molecule has 0 aliphatic heterocycles. The first kappa shape index (κ1) is 15.5. The van der Waals surface area contributed by atoms with E-state index in [2.05, 4.69) is 10.6 Å². The van der Waals surface area contributed by atoms with E-state index in [4.69, 9.17) is 15.5 Å². The van der Waals surface area contributed by atoms with Crippen LogP contribution < -0.4 is 10.6 Å². The normalized spacial score (nSPS) is 11.2. The van der Waals surface area contributed by atoms with Crippen LogP contribution in [-0.2, 0) is 11.2 Å². The smallest absolute Gasteiger partial charge is 0.332 e. The Morgan fingerprint density at radius 2 is 1.95 bits per heavy atom. The maximum absolute atomic E-state index is 11.5. The van der Waals surface area contributed by atoms with Gasteiger partial charge in [-0.2, -0.15) is 5.26 Å². The number of carbonyl (C=O) groups excluding carboxylic acids is 1. The molecular formula is C13H15N3O4. The molecule has 1 atom stereocenters. The fraction of sp³-hybridized carbons (Fsp3) is 0.308. The summed E-state index contributed by atoms with van der Waals surface area (Å²) in [6, 6.07) is 8.32. The van der Waals surface area contributed by atoms with E-state index in [0.717, 1.165) is 5.56 Å². The van der Waals surface area contributed by atoms with E-state index in [0.29, 0.717) is 12.1 Å². The Kier molecular flexibility index (Phi) is 6.00. The number of nitriles is 1. The van der Waals surface area contributed by atoms with Gasteiger partial charge in [0.15, 0.2) is 6.10 Å². The van der Waals surface area contributed by atoms with E-state index in [1.807, 2.05) is 6.07 Å². The number of nitrogens with zero attached hydrogens (tertiary/aromatic N) is 1. The maximum atomic E-state index is 11.5. The summed E-state index contributed by atoms with van der Waals surface area (Å²) in [5.41, 5.74) is 1.41. The Labute approximate surface area is 115 Å². The molecule has 0 heterocycles. The van der Waals surface area contributed by atoms with Gasteiger partial charge in [-0.1, -0.05) is 12.1 Å². The summed E-state index contributed by atoms with van der Waals surface area (Å²) >= 11 is 0. The van der Waals surface area contributed by atoms with Crippen LogP contribution in [0.5, 0.6) is 0 Å². The van der Waals surface area contributed by atoms with Crippen molar-refractivity contribution in [2.24, 2.45) is 0 Å².